The molecule has 0 aliphatic heterocycles. The van der Waals surface area contributed by atoms with Gasteiger partial charge in [-0.2, -0.15) is 5.10 Å². The number of hydrogen-bond acceptors (Lipinski definition) is 7. The van der Waals surface area contributed by atoms with Gasteiger partial charge >= 0.3 is 0 Å². The van der Waals surface area contributed by atoms with E-state index in [0.717, 1.165) is 10.2 Å². The number of rotatable bonds is 6. The molecule has 2 aromatic carbocycles. The fraction of sp³-hybridized carbons (Fsp3) is 0.211. The number of carbonyl (C=O) groups excluding carboxylic acids is 1. The van der Waals surface area contributed by atoms with Gasteiger partial charge in [0.05, 0.1) is 23.0 Å². The Hall–Kier alpha value is -3.13. The van der Waals surface area contributed by atoms with E-state index in [4.69, 9.17) is 4.74 Å². The first-order chi connectivity index (χ1) is 13.0. The molecule has 1 atom stereocenters. The number of amides is 1. The Labute approximate surface area is 160 Å². The van der Waals surface area contributed by atoms with Gasteiger partial charge < -0.3 is 15.2 Å². The molecule has 3 N–H and O–H groups in total. The number of fused-ring (bicyclic) bond motifs is 1. The number of nitrogens with zero attached hydrogens (tertiary/aromatic N) is 2. The molecule has 27 heavy (non-hydrogen) atoms. The summed E-state index contributed by atoms with van der Waals surface area (Å²) in [7, 11) is 1.54. The van der Waals surface area contributed by atoms with Crippen LogP contribution in [0.2, 0.25) is 0 Å². The molecule has 0 spiro atoms. The summed E-state index contributed by atoms with van der Waals surface area (Å²) in [6.07, 6.45) is 0. The fourth-order valence-corrected chi connectivity index (χ4v) is 3.37. The van der Waals surface area contributed by atoms with Crippen LogP contribution in [-0.2, 0) is 4.79 Å². The maximum atomic E-state index is 12.3. The molecule has 0 bridgehead atoms. The van der Waals surface area contributed by atoms with Crippen LogP contribution in [0, 0.1) is 0 Å². The summed E-state index contributed by atoms with van der Waals surface area (Å²) in [6, 6.07) is 12.1. The van der Waals surface area contributed by atoms with Crippen molar-refractivity contribution >= 4 is 38.3 Å². The van der Waals surface area contributed by atoms with Crippen LogP contribution in [0.15, 0.2) is 47.6 Å². The Morgan fingerprint density at radius 3 is 2.81 bits per heavy atom. The van der Waals surface area contributed by atoms with Crippen LogP contribution < -0.4 is 15.5 Å². The lowest BCUT2D eigenvalue weighted by molar-refractivity contribution is -0.121. The first kappa shape index (κ1) is 18.7. The largest absolute Gasteiger partial charge is 0.507 e. The number of aromatic hydroxyl groups is 1. The Morgan fingerprint density at radius 2 is 2.07 bits per heavy atom. The van der Waals surface area contributed by atoms with Crippen molar-refractivity contribution in [1.29, 1.82) is 0 Å². The summed E-state index contributed by atoms with van der Waals surface area (Å²) in [5.74, 6) is 0.345. The number of ether oxygens (including phenoxy) is 1. The molecule has 8 heteroatoms. The van der Waals surface area contributed by atoms with Crippen molar-refractivity contribution in [2.75, 3.05) is 12.4 Å². The lowest BCUT2D eigenvalue weighted by Gasteiger charge is -2.12. The van der Waals surface area contributed by atoms with Gasteiger partial charge in [0.25, 0.3) is 5.91 Å². The number of hydrazone groups is 1. The summed E-state index contributed by atoms with van der Waals surface area (Å²) in [6.45, 7) is 3.43. The SMILES string of the molecule is COc1ccc(O)c(/C(C)=N/NC(=O)[C@@H](C)Nc2nc3ccccc3s2)c1. The van der Waals surface area contributed by atoms with Gasteiger partial charge in [-0.3, -0.25) is 4.79 Å². The zero-order valence-corrected chi connectivity index (χ0v) is 16.0. The average molecular weight is 384 g/mol. The molecule has 1 amide bonds. The molecule has 1 heterocycles. The highest BCUT2D eigenvalue weighted by atomic mass is 32.1. The molecular weight excluding hydrogens is 364 g/mol. The zero-order valence-electron chi connectivity index (χ0n) is 15.2. The summed E-state index contributed by atoms with van der Waals surface area (Å²) < 4.78 is 6.20. The van der Waals surface area contributed by atoms with Gasteiger partial charge in [-0.05, 0) is 44.2 Å². The Bertz CT molecular complexity index is 967. The van der Waals surface area contributed by atoms with E-state index in [1.165, 1.54) is 17.4 Å². The predicted molar refractivity (Wildman–Crippen MR) is 108 cm³/mol. The summed E-state index contributed by atoms with van der Waals surface area (Å²) in [5.41, 5.74) is 4.35. The van der Waals surface area contributed by atoms with Gasteiger partial charge in [0.15, 0.2) is 5.13 Å². The molecule has 0 unspecified atom stereocenters. The number of phenols is 1. The lowest BCUT2D eigenvalue weighted by Crippen LogP contribution is -2.35. The molecule has 0 fully saturated rings. The Kier molecular flexibility index (Phi) is 5.56. The van der Waals surface area contributed by atoms with Crippen molar-refractivity contribution in [1.82, 2.24) is 10.4 Å². The molecule has 0 saturated heterocycles. The Balaban J connectivity index is 1.66. The Morgan fingerprint density at radius 1 is 1.30 bits per heavy atom. The highest BCUT2D eigenvalue weighted by Gasteiger charge is 2.15. The van der Waals surface area contributed by atoms with Crippen LogP contribution in [0.25, 0.3) is 10.2 Å². The average Bonchev–Trinajstić information content (AvgIpc) is 3.08. The molecule has 140 valence electrons. The van der Waals surface area contributed by atoms with Crippen LogP contribution in [0.5, 0.6) is 11.5 Å². The number of nitrogens with one attached hydrogen (secondary N) is 2. The molecule has 0 aliphatic rings. The van der Waals surface area contributed by atoms with Gasteiger partial charge in [0.2, 0.25) is 0 Å². The van der Waals surface area contributed by atoms with Crippen LogP contribution in [-0.4, -0.2) is 34.9 Å². The van der Waals surface area contributed by atoms with Gasteiger partial charge in [-0.1, -0.05) is 23.5 Å². The molecule has 0 aliphatic carbocycles. The van der Waals surface area contributed by atoms with Crippen molar-refractivity contribution in [2.24, 2.45) is 5.10 Å². The number of hydrogen-bond donors (Lipinski definition) is 3. The van der Waals surface area contributed by atoms with Crippen LogP contribution in [0.3, 0.4) is 0 Å². The van der Waals surface area contributed by atoms with E-state index in [0.29, 0.717) is 22.2 Å². The molecule has 0 saturated carbocycles. The maximum absolute atomic E-state index is 12.3. The van der Waals surface area contributed by atoms with Crippen molar-refractivity contribution in [3.05, 3.63) is 48.0 Å². The third kappa shape index (κ3) is 4.35. The number of carbonyl (C=O) groups is 1. The fourth-order valence-electron chi connectivity index (χ4n) is 2.41. The van der Waals surface area contributed by atoms with E-state index in [9.17, 15) is 9.90 Å². The van der Waals surface area contributed by atoms with Gasteiger partial charge in [-0.25, -0.2) is 10.4 Å². The third-order valence-corrected chi connectivity index (χ3v) is 4.92. The molecule has 0 radical (unpaired) electrons. The standard InChI is InChI=1S/C19H20N4O3S/c1-11(14-10-13(26-3)8-9-16(14)24)22-23-18(25)12(2)20-19-21-15-6-4-5-7-17(15)27-19/h4-10,12,24H,1-3H3,(H,20,21)(H,23,25)/b22-11+/t12-/m1/s1. The minimum atomic E-state index is -0.527. The third-order valence-electron chi connectivity index (χ3n) is 3.95. The first-order valence-electron chi connectivity index (χ1n) is 8.31. The van der Waals surface area contributed by atoms with Gasteiger partial charge in [0.1, 0.15) is 17.5 Å². The van der Waals surface area contributed by atoms with E-state index >= 15 is 0 Å². The number of phenolic OH excluding ortho intramolecular Hbond substituents is 1. The van der Waals surface area contributed by atoms with Crippen LogP contribution >= 0.6 is 11.3 Å². The van der Waals surface area contributed by atoms with Gasteiger partial charge in [0, 0.05) is 5.56 Å². The molecule has 3 aromatic rings. The second kappa shape index (κ2) is 8.05. The number of thiazole rings is 1. The van der Waals surface area contributed by atoms with E-state index in [1.54, 1.807) is 33.1 Å². The lowest BCUT2D eigenvalue weighted by atomic mass is 10.1. The van der Waals surface area contributed by atoms with Crippen molar-refractivity contribution < 1.29 is 14.6 Å². The van der Waals surface area contributed by atoms with Crippen molar-refractivity contribution in [2.45, 2.75) is 19.9 Å². The van der Waals surface area contributed by atoms with Crippen LogP contribution in [0.4, 0.5) is 5.13 Å². The number of aromatic nitrogens is 1. The number of benzene rings is 2. The smallest absolute Gasteiger partial charge is 0.262 e. The monoisotopic (exact) mass is 384 g/mol. The van der Waals surface area contributed by atoms with E-state index < -0.39 is 6.04 Å². The number of para-hydroxylation sites is 1. The first-order valence-corrected chi connectivity index (χ1v) is 9.13. The summed E-state index contributed by atoms with van der Waals surface area (Å²) in [4.78, 5) is 16.8. The van der Waals surface area contributed by atoms with E-state index in [-0.39, 0.29) is 11.7 Å². The minimum Gasteiger partial charge on any atom is -0.507 e. The summed E-state index contributed by atoms with van der Waals surface area (Å²) in [5, 5.41) is 17.8. The van der Waals surface area contributed by atoms with Gasteiger partial charge in [-0.15, -0.1) is 0 Å². The zero-order chi connectivity index (χ0) is 19.4. The molecular formula is C19H20N4O3S. The highest BCUT2D eigenvalue weighted by Crippen LogP contribution is 2.26. The van der Waals surface area contributed by atoms with Crippen LogP contribution in [0.1, 0.15) is 19.4 Å². The maximum Gasteiger partial charge on any atom is 0.262 e. The predicted octanol–water partition coefficient (Wildman–Crippen LogP) is 3.35. The topological polar surface area (TPSA) is 95.8 Å². The second-order valence-corrected chi connectivity index (χ2v) is 6.94. The quantitative estimate of drug-likeness (QED) is 0.447. The second-order valence-electron chi connectivity index (χ2n) is 5.91. The van der Waals surface area contributed by atoms with E-state index in [1.807, 2.05) is 24.3 Å². The van der Waals surface area contributed by atoms with E-state index in [2.05, 4.69) is 20.8 Å². The normalized spacial score (nSPS) is 12.6. The minimum absolute atomic E-state index is 0.0620. The van der Waals surface area contributed by atoms with Crippen molar-refractivity contribution in [3.8, 4) is 11.5 Å². The molecule has 1 aromatic heterocycles. The number of anilines is 1. The highest BCUT2D eigenvalue weighted by molar-refractivity contribution is 7.22. The molecule has 3 rings (SSSR count). The number of methoxy groups -OCH3 is 1. The molecule has 7 nitrogen and oxygen atoms in total. The summed E-state index contributed by atoms with van der Waals surface area (Å²) >= 11 is 1.49. The van der Waals surface area contributed by atoms with Crippen molar-refractivity contribution in [3.63, 3.8) is 0 Å².